The number of carbonyl (C=O) groups excluding carboxylic acids is 1. The number of furan rings is 1. The third-order valence-corrected chi connectivity index (χ3v) is 3.31. The lowest BCUT2D eigenvalue weighted by molar-refractivity contribution is -0.142. The summed E-state index contributed by atoms with van der Waals surface area (Å²) in [5, 5.41) is 5.92. The predicted octanol–water partition coefficient (Wildman–Crippen LogP) is 4.01. The largest absolute Gasteiger partial charge is 0.486 e. The minimum absolute atomic E-state index is 0.0163. The molecule has 0 bridgehead atoms. The number of benzene rings is 1. The van der Waals surface area contributed by atoms with Gasteiger partial charge in [-0.1, -0.05) is 0 Å². The van der Waals surface area contributed by atoms with Gasteiger partial charge in [0.05, 0.1) is 11.9 Å². The van der Waals surface area contributed by atoms with Crippen LogP contribution >= 0.6 is 0 Å². The fourth-order valence-corrected chi connectivity index (χ4v) is 2.15. The minimum atomic E-state index is -4.41. The fourth-order valence-electron chi connectivity index (χ4n) is 2.15. The molecule has 1 N–H and O–H groups in total. The quantitative estimate of drug-likeness (QED) is 0.653. The zero-order valence-corrected chi connectivity index (χ0v) is 13.7. The summed E-state index contributed by atoms with van der Waals surface area (Å²) in [6.45, 7) is -1.24. The number of nitrogens with one attached hydrogen (secondary N) is 1. The first-order valence-corrected chi connectivity index (χ1v) is 7.66. The summed E-state index contributed by atoms with van der Waals surface area (Å²) in [6.07, 6.45) is -2.24. The molecular formula is C17H13F4N3O3. The highest BCUT2D eigenvalue weighted by Gasteiger charge is 2.28. The monoisotopic (exact) mass is 383 g/mol. The van der Waals surface area contributed by atoms with Crippen LogP contribution in [0, 0.1) is 5.82 Å². The Morgan fingerprint density at radius 2 is 1.93 bits per heavy atom. The van der Waals surface area contributed by atoms with Crippen LogP contribution in [-0.4, -0.2) is 21.9 Å². The van der Waals surface area contributed by atoms with E-state index in [-0.39, 0.29) is 18.1 Å². The number of hydrogen-bond donors (Lipinski definition) is 1. The van der Waals surface area contributed by atoms with Gasteiger partial charge in [-0.15, -0.1) is 0 Å². The van der Waals surface area contributed by atoms with Crippen LogP contribution in [0.15, 0.2) is 53.2 Å². The van der Waals surface area contributed by atoms with Crippen molar-refractivity contribution in [3.8, 4) is 5.75 Å². The molecule has 0 spiro atoms. The Balaban J connectivity index is 1.56. The molecule has 0 aliphatic heterocycles. The van der Waals surface area contributed by atoms with Gasteiger partial charge in [-0.3, -0.25) is 9.48 Å². The minimum Gasteiger partial charge on any atom is -0.486 e. The molecule has 0 unspecified atom stereocenters. The zero-order chi connectivity index (χ0) is 19.4. The molecule has 1 amide bonds. The van der Waals surface area contributed by atoms with Gasteiger partial charge in [-0.05, 0) is 36.4 Å². The molecule has 27 heavy (non-hydrogen) atoms. The maximum absolute atomic E-state index is 12.8. The van der Waals surface area contributed by atoms with Gasteiger partial charge in [0.15, 0.2) is 5.76 Å². The lowest BCUT2D eigenvalue weighted by Gasteiger charge is -2.05. The van der Waals surface area contributed by atoms with E-state index in [1.807, 2.05) is 0 Å². The van der Waals surface area contributed by atoms with Crippen LogP contribution in [0.25, 0.3) is 0 Å². The molecule has 1 aromatic carbocycles. The van der Waals surface area contributed by atoms with E-state index in [0.717, 1.165) is 12.4 Å². The topological polar surface area (TPSA) is 69.3 Å². The number of carbonyl (C=O) groups is 1. The van der Waals surface area contributed by atoms with E-state index in [0.29, 0.717) is 16.2 Å². The van der Waals surface area contributed by atoms with E-state index in [9.17, 15) is 22.4 Å². The van der Waals surface area contributed by atoms with Gasteiger partial charge in [0.25, 0.3) is 5.91 Å². The Labute approximate surface area is 150 Å². The highest BCUT2D eigenvalue weighted by molar-refractivity contribution is 6.02. The van der Waals surface area contributed by atoms with Crippen LogP contribution in [-0.2, 0) is 13.2 Å². The Morgan fingerprint density at radius 3 is 2.63 bits per heavy atom. The van der Waals surface area contributed by atoms with Crippen molar-refractivity contribution in [2.75, 3.05) is 5.32 Å². The molecule has 10 heteroatoms. The number of ether oxygens (including phenoxy) is 1. The van der Waals surface area contributed by atoms with Gasteiger partial charge in [-0.25, -0.2) is 4.39 Å². The van der Waals surface area contributed by atoms with E-state index < -0.39 is 24.4 Å². The van der Waals surface area contributed by atoms with Crippen molar-refractivity contribution in [2.24, 2.45) is 0 Å². The van der Waals surface area contributed by atoms with Crippen LogP contribution in [0.2, 0.25) is 0 Å². The van der Waals surface area contributed by atoms with Crippen molar-refractivity contribution >= 4 is 11.6 Å². The third-order valence-electron chi connectivity index (χ3n) is 3.31. The van der Waals surface area contributed by atoms with Crippen LogP contribution in [0.3, 0.4) is 0 Å². The number of nitrogens with zero attached hydrogens (tertiary/aromatic N) is 2. The summed E-state index contributed by atoms with van der Waals surface area (Å²) < 4.78 is 61.1. The van der Waals surface area contributed by atoms with Gasteiger partial charge in [0.2, 0.25) is 0 Å². The number of amides is 1. The predicted molar refractivity (Wildman–Crippen MR) is 85.7 cm³/mol. The van der Waals surface area contributed by atoms with E-state index >= 15 is 0 Å². The van der Waals surface area contributed by atoms with Gasteiger partial charge in [0, 0.05) is 6.20 Å². The summed E-state index contributed by atoms with van der Waals surface area (Å²) in [7, 11) is 0. The van der Waals surface area contributed by atoms with Gasteiger partial charge in [-0.2, -0.15) is 18.3 Å². The maximum atomic E-state index is 12.8. The summed E-state index contributed by atoms with van der Waals surface area (Å²) >= 11 is 0. The van der Waals surface area contributed by atoms with Crippen LogP contribution in [0.4, 0.5) is 23.2 Å². The molecule has 2 heterocycles. The highest BCUT2D eigenvalue weighted by atomic mass is 19.4. The van der Waals surface area contributed by atoms with Crippen LogP contribution < -0.4 is 10.1 Å². The molecule has 0 radical (unpaired) electrons. The number of hydrogen-bond acceptors (Lipinski definition) is 4. The van der Waals surface area contributed by atoms with Crippen molar-refractivity contribution in [3.63, 3.8) is 0 Å². The second kappa shape index (κ2) is 7.52. The van der Waals surface area contributed by atoms with Gasteiger partial charge >= 0.3 is 6.18 Å². The van der Waals surface area contributed by atoms with Crippen molar-refractivity contribution in [1.82, 2.24) is 9.78 Å². The third kappa shape index (κ3) is 5.33. The highest BCUT2D eigenvalue weighted by Crippen LogP contribution is 2.19. The summed E-state index contributed by atoms with van der Waals surface area (Å²) in [4.78, 5) is 12.1. The molecule has 142 valence electrons. The average molecular weight is 383 g/mol. The zero-order valence-electron chi connectivity index (χ0n) is 13.7. The SMILES string of the molecule is O=C(Nc1cnn(CC(F)(F)F)c1)c1ccc(COc2ccc(F)cc2)o1. The van der Waals surface area contributed by atoms with E-state index in [1.165, 1.54) is 36.4 Å². The fraction of sp³-hybridized carbons (Fsp3) is 0.176. The molecule has 0 aliphatic rings. The molecule has 3 rings (SSSR count). The van der Waals surface area contributed by atoms with E-state index in [2.05, 4.69) is 10.4 Å². The molecule has 0 saturated carbocycles. The van der Waals surface area contributed by atoms with Crippen molar-refractivity contribution in [2.45, 2.75) is 19.3 Å². The number of rotatable bonds is 6. The molecule has 0 saturated heterocycles. The van der Waals surface area contributed by atoms with Gasteiger partial charge in [0.1, 0.15) is 30.5 Å². The molecule has 2 aromatic heterocycles. The lowest BCUT2D eigenvalue weighted by Crippen LogP contribution is -2.17. The number of halogens is 4. The lowest BCUT2D eigenvalue weighted by atomic mass is 10.3. The Hall–Kier alpha value is -3.30. The standard InChI is InChI=1S/C17H13F4N3O3/c18-11-1-3-13(4-2-11)26-9-14-5-6-15(27-14)16(25)23-12-7-22-24(8-12)10-17(19,20)21/h1-8H,9-10H2,(H,23,25). The van der Waals surface area contributed by atoms with E-state index in [1.54, 1.807) is 0 Å². The van der Waals surface area contributed by atoms with Crippen molar-refractivity contribution in [1.29, 1.82) is 0 Å². The van der Waals surface area contributed by atoms with E-state index in [4.69, 9.17) is 9.15 Å². The summed E-state index contributed by atoms with van der Waals surface area (Å²) in [5.41, 5.74) is 0.102. The smallest absolute Gasteiger partial charge is 0.408 e. The average Bonchev–Trinajstić information content (AvgIpc) is 3.22. The summed E-state index contributed by atoms with van der Waals surface area (Å²) in [6, 6.07) is 8.31. The molecule has 0 fully saturated rings. The Kier molecular flexibility index (Phi) is 5.15. The molecular weight excluding hydrogens is 370 g/mol. The first kappa shape index (κ1) is 18.5. The molecule has 3 aromatic rings. The van der Waals surface area contributed by atoms with Crippen LogP contribution in [0.5, 0.6) is 5.75 Å². The Morgan fingerprint density at radius 1 is 1.19 bits per heavy atom. The maximum Gasteiger partial charge on any atom is 0.408 e. The molecule has 0 aliphatic carbocycles. The second-order valence-corrected chi connectivity index (χ2v) is 5.50. The van der Waals surface area contributed by atoms with Gasteiger partial charge < -0.3 is 14.5 Å². The number of alkyl halides is 3. The first-order valence-electron chi connectivity index (χ1n) is 7.66. The first-order chi connectivity index (χ1) is 12.8. The summed E-state index contributed by atoms with van der Waals surface area (Å²) in [5.74, 6) is -0.308. The normalized spacial score (nSPS) is 11.4. The molecule has 6 nitrogen and oxygen atoms in total. The van der Waals surface area contributed by atoms with Crippen LogP contribution in [0.1, 0.15) is 16.3 Å². The number of aromatic nitrogens is 2. The number of anilines is 1. The molecule has 0 atom stereocenters. The Bertz CT molecular complexity index is 916. The second-order valence-electron chi connectivity index (χ2n) is 5.50. The van der Waals surface area contributed by atoms with Crippen molar-refractivity contribution < 1.29 is 31.5 Å². The van der Waals surface area contributed by atoms with Crippen molar-refractivity contribution in [3.05, 3.63) is 66.1 Å².